The zero-order valence-electron chi connectivity index (χ0n) is 16.5. The van der Waals surface area contributed by atoms with Crippen LogP contribution in [0, 0.1) is 6.92 Å². The van der Waals surface area contributed by atoms with E-state index in [9.17, 15) is 9.59 Å². The first-order valence-electron chi connectivity index (χ1n) is 10.0. The molecule has 2 heterocycles. The number of hydrogen-bond acceptors (Lipinski definition) is 4. The zero-order valence-corrected chi connectivity index (χ0v) is 18.2. The number of hydrogen-bond donors (Lipinski definition) is 0. The molecule has 1 aromatic heterocycles. The van der Waals surface area contributed by atoms with Gasteiger partial charge in [0.15, 0.2) is 0 Å². The molecule has 0 amide bonds. The number of aldehydes is 2. The lowest BCUT2D eigenvalue weighted by Crippen LogP contribution is -2.28. The number of fused-ring (bicyclic) bond motifs is 2. The van der Waals surface area contributed by atoms with Gasteiger partial charge in [0.1, 0.15) is 12.6 Å². The lowest BCUT2D eigenvalue weighted by Gasteiger charge is -2.28. The van der Waals surface area contributed by atoms with E-state index in [1.165, 1.54) is 42.1 Å². The summed E-state index contributed by atoms with van der Waals surface area (Å²) in [6.07, 6.45) is 5.29. The van der Waals surface area contributed by atoms with Gasteiger partial charge in [-0.1, -0.05) is 35.9 Å². The highest BCUT2D eigenvalue weighted by Gasteiger charge is 2.46. The van der Waals surface area contributed by atoms with Crippen LogP contribution in [0.5, 0.6) is 0 Å². The van der Waals surface area contributed by atoms with Gasteiger partial charge in [-0.05, 0) is 61.9 Å². The second-order valence-corrected chi connectivity index (χ2v) is 10.9. The molecule has 0 fully saturated rings. The predicted octanol–water partition coefficient (Wildman–Crippen LogP) is 6.81. The Balaban J connectivity index is 1.73. The molecule has 4 heteroatoms. The highest BCUT2D eigenvalue weighted by atomic mass is 32.2. The monoisotopic (exact) mass is 418 g/mol. The summed E-state index contributed by atoms with van der Waals surface area (Å²) in [5, 5.41) is 1.24. The number of thiophene rings is 1. The second-order valence-electron chi connectivity index (χ2n) is 8.14. The minimum Gasteiger partial charge on any atom is -0.302 e. The summed E-state index contributed by atoms with van der Waals surface area (Å²) < 4.78 is 0.708. The number of thioether (sulfide) groups is 1. The van der Waals surface area contributed by atoms with Gasteiger partial charge in [-0.15, -0.1) is 23.1 Å². The number of aryl methyl sites for hydroxylation is 1. The van der Waals surface area contributed by atoms with Crippen LogP contribution >= 0.6 is 23.1 Å². The highest BCUT2D eigenvalue weighted by Crippen LogP contribution is 2.59. The van der Waals surface area contributed by atoms with Gasteiger partial charge < -0.3 is 4.79 Å². The summed E-state index contributed by atoms with van der Waals surface area (Å²) in [6.45, 7) is 4.27. The second kappa shape index (κ2) is 6.96. The molecule has 3 aromatic rings. The number of allylic oxidation sites excluding steroid dienone is 2. The van der Waals surface area contributed by atoms with E-state index in [-0.39, 0.29) is 5.92 Å². The number of rotatable bonds is 4. The third-order valence-corrected chi connectivity index (χ3v) is 8.74. The van der Waals surface area contributed by atoms with Crippen LogP contribution < -0.4 is 0 Å². The maximum absolute atomic E-state index is 12.2. The van der Waals surface area contributed by atoms with Crippen LogP contribution in [0.2, 0.25) is 0 Å². The molecule has 0 spiro atoms. The summed E-state index contributed by atoms with van der Waals surface area (Å²) in [4.78, 5) is 26.0. The maximum Gasteiger partial charge on any atom is 0.150 e. The first-order chi connectivity index (χ1) is 14.1. The van der Waals surface area contributed by atoms with E-state index < -0.39 is 4.75 Å². The summed E-state index contributed by atoms with van der Waals surface area (Å²) in [7, 11) is 0. The van der Waals surface area contributed by atoms with Crippen LogP contribution in [0.1, 0.15) is 58.5 Å². The Labute approximate surface area is 179 Å². The van der Waals surface area contributed by atoms with E-state index in [0.717, 1.165) is 37.4 Å². The molecule has 0 saturated carbocycles. The van der Waals surface area contributed by atoms with Gasteiger partial charge in [-0.25, -0.2) is 0 Å². The van der Waals surface area contributed by atoms with E-state index in [4.69, 9.17) is 0 Å². The first kappa shape index (κ1) is 18.8. The number of carbonyl (C=O) groups excluding carboxylic acids is 2. The quantitative estimate of drug-likeness (QED) is 0.437. The van der Waals surface area contributed by atoms with E-state index in [2.05, 4.69) is 44.2 Å². The van der Waals surface area contributed by atoms with Gasteiger partial charge >= 0.3 is 0 Å². The molecular formula is C25H22O2S2. The minimum atomic E-state index is -0.459. The van der Waals surface area contributed by atoms with Crippen LogP contribution in [0.4, 0.5) is 0 Å². The van der Waals surface area contributed by atoms with Crippen LogP contribution in [0.15, 0.2) is 52.9 Å². The molecule has 1 aliphatic heterocycles. The summed E-state index contributed by atoms with van der Waals surface area (Å²) in [5.74, 6) is 0.127. The first-order valence-corrected chi connectivity index (χ1v) is 11.6. The molecule has 5 rings (SSSR count). The average Bonchev–Trinajstić information content (AvgIpc) is 3.39. The summed E-state index contributed by atoms with van der Waals surface area (Å²) >= 11 is 3.47. The van der Waals surface area contributed by atoms with E-state index in [0.29, 0.717) is 0 Å². The predicted molar refractivity (Wildman–Crippen MR) is 122 cm³/mol. The Morgan fingerprint density at radius 3 is 2.72 bits per heavy atom. The van der Waals surface area contributed by atoms with Crippen molar-refractivity contribution in [2.24, 2.45) is 0 Å². The topological polar surface area (TPSA) is 34.1 Å². The van der Waals surface area contributed by atoms with Crippen molar-refractivity contribution in [3.05, 3.63) is 69.6 Å². The maximum atomic E-state index is 12.2. The van der Waals surface area contributed by atoms with Gasteiger partial charge in [-0.3, -0.25) is 4.79 Å². The fraction of sp³-hybridized carbons (Fsp3) is 0.280. The molecule has 2 nitrogen and oxygen atoms in total. The van der Waals surface area contributed by atoms with E-state index >= 15 is 0 Å². The van der Waals surface area contributed by atoms with Crippen molar-refractivity contribution < 1.29 is 9.59 Å². The standard InChI is InChI=1S/C25H22O2S2/c1-15-23(19-11-10-16(13-26)12-22(19)28-15)17-7-5-8-18(17)24-20-6-3-4-9-21(20)29-25(24,2)14-27/h3-4,6,9-14,24H,5,7-8H2,1-2H3. The van der Waals surface area contributed by atoms with Gasteiger partial charge in [0.25, 0.3) is 0 Å². The third kappa shape index (κ3) is 2.84. The Kier molecular flexibility index (Phi) is 4.52. The summed E-state index contributed by atoms with van der Waals surface area (Å²) in [6, 6.07) is 14.5. The smallest absolute Gasteiger partial charge is 0.150 e. The molecule has 146 valence electrons. The molecule has 2 atom stereocenters. The van der Waals surface area contributed by atoms with Crippen LogP contribution in [0.3, 0.4) is 0 Å². The van der Waals surface area contributed by atoms with Crippen molar-refractivity contribution in [3.63, 3.8) is 0 Å². The molecular weight excluding hydrogens is 396 g/mol. The molecule has 0 saturated heterocycles. The lowest BCUT2D eigenvalue weighted by atomic mass is 9.79. The molecule has 2 aromatic carbocycles. The fourth-order valence-electron chi connectivity index (χ4n) is 5.10. The lowest BCUT2D eigenvalue weighted by molar-refractivity contribution is -0.109. The Bertz CT molecular complexity index is 1190. The molecule has 0 N–H and O–H groups in total. The molecule has 1 aliphatic carbocycles. The van der Waals surface area contributed by atoms with E-state index in [1.807, 2.05) is 12.1 Å². The fourth-order valence-corrected chi connectivity index (χ4v) is 7.60. The molecule has 2 aliphatic rings. The third-order valence-electron chi connectivity index (χ3n) is 6.30. The van der Waals surface area contributed by atoms with Crippen molar-refractivity contribution in [3.8, 4) is 0 Å². The Morgan fingerprint density at radius 2 is 1.93 bits per heavy atom. The van der Waals surface area contributed by atoms with Crippen LogP contribution in [0.25, 0.3) is 15.7 Å². The van der Waals surface area contributed by atoms with Crippen molar-refractivity contribution in [1.29, 1.82) is 0 Å². The zero-order chi connectivity index (χ0) is 20.2. The summed E-state index contributed by atoms with van der Waals surface area (Å²) in [5.41, 5.74) is 6.20. The van der Waals surface area contributed by atoms with Crippen molar-refractivity contribution in [1.82, 2.24) is 0 Å². The van der Waals surface area contributed by atoms with Gasteiger partial charge in [0.05, 0.1) is 4.75 Å². The normalized spacial score (nSPS) is 23.6. The Hall–Kier alpha value is -2.17. The number of benzene rings is 2. The number of carbonyl (C=O) groups is 2. The molecule has 2 unspecified atom stereocenters. The van der Waals surface area contributed by atoms with Gasteiger partial charge in [0.2, 0.25) is 0 Å². The molecule has 0 radical (unpaired) electrons. The molecule has 0 bridgehead atoms. The van der Waals surface area contributed by atoms with Crippen molar-refractivity contribution >= 4 is 51.3 Å². The largest absolute Gasteiger partial charge is 0.302 e. The van der Waals surface area contributed by atoms with Crippen LogP contribution in [-0.4, -0.2) is 17.3 Å². The van der Waals surface area contributed by atoms with Crippen molar-refractivity contribution in [2.75, 3.05) is 0 Å². The van der Waals surface area contributed by atoms with Gasteiger partial charge in [0, 0.05) is 31.3 Å². The molecule has 29 heavy (non-hydrogen) atoms. The minimum absolute atomic E-state index is 0.127. The van der Waals surface area contributed by atoms with Crippen molar-refractivity contribution in [2.45, 2.75) is 48.7 Å². The van der Waals surface area contributed by atoms with E-state index in [1.54, 1.807) is 23.1 Å². The Morgan fingerprint density at radius 1 is 1.10 bits per heavy atom. The van der Waals surface area contributed by atoms with Crippen LogP contribution in [-0.2, 0) is 4.79 Å². The average molecular weight is 419 g/mol. The highest BCUT2D eigenvalue weighted by molar-refractivity contribution is 8.01. The van der Waals surface area contributed by atoms with Gasteiger partial charge in [-0.2, -0.15) is 0 Å². The SMILES string of the molecule is Cc1sc2cc(C=O)ccc2c1C1=C(C2c3ccccc3SC2(C)C=O)CCC1.